The average molecular weight is 398 g/mol. The van der Waals surface area contributed by atoms with Crippen LogP contribution in [0.25, 0.3) is 0 Å². The number of thioether (sulfide) groups is 1. The second kappa shape index (κ2) is 10.3. The number of hydrogen-bond donors (Lipinski definition) is 1. The maximum absolute atomic E-state index is 11.9. The number of esters is 1. The van der Waals surface area contributed by atoms with Crippen LogP contribution in [-0.2, 0) is 9.53 Å². The van der Waals surface area contributed by atoms with Crippen LogP contribution in [0.3, 0.4) is 0 Å². The number of carbonyl (C=O) groups is 2. The summed E-state index contributed by atoms with van der Waals surface area (Å²) in [7, 11) is 0. The molecule has 7 heteroatoms. The number of hydrogen-bond acceptors (Lipinski definition) is 4. The Bertz CT molecular complexity index is 726. The highest BCUT2D eigenvalue weighted by Crippen LogP contribution is 2.25. The Kier molecular flexibility index (Phi) is 8.12. The summed E-state index contributed by atoms with van der Waals surface area (Å²) in [6.45, 7) is 0.168. The third-order valence-electron chi connectivity index (χ3n) is 3.16. The fourth-order valence-corrected chi connectivity index (χ4v) is 3.18. The van der Waals surface area contributed by atoms with E-state index in [2.05, 4.69) is 5.32 Å². The maximum Gasteiger partial charge on any atom is 0.340 e. The van der Waals surface area contributed by atoms with Crippen molar-refractivity contribution in [1.29, 1.82) is 0 Å². The summed E-state index contributed by atoms with van der Waals surface area (Å²) in [5, 5.41) is 3.09. The number of nitrogens with one attached hydrogen (secondary N) is 1. The number of carbonyl (C=O) groups excluding carboxylic acids is 2. The Balaban J connectivity index is 1.63. The molecule has 1 amide bonds. The van der Waals surface area contributed by atoms with E-state index in [4.69, 9.17) is 27.9 Å². The molecule has 0 heterocycles. The summed E-state index contributed by atoms with van der Waals surface area (Å²) in [6, 6.07) is 14.7. The van der Waals surface area contributed by atoms with E-state index in [9.17, 15) is 9.59 Å². The van der Waals surface area contributed by atoms with Crippen molar-refractivity contribution in [2.24, 2.45) is 0 Å². The van der Waals surface area contributed by atoms with Gasteiger partial charge in [0, 0.05) is 11.4 Å². The Morgan fingerprint density at radius 3 is 2.56 bits per heavy atom. The minimum absolute atomic E-state index is 0.118. The van der Waals surface area contributed by atoms with E-state index in [1.807, 2.05) is 30.3 Å². The SMILES string of the molecule is O=C(COC(=O)c1cccc(Cl)c1Cl)NCCCSc1ccccc1. The maximum atomic E-state index is 11.9. The van der Waals surface area contributed by atoms with Crippen molar-refractivity contribution < 1.29 is 14.3 Å². The van der Waals surface area contributed by atoms with Gasteiger partial charge in [-0.15, -0.1) is 11.8 Å². The first-order valence-corrected chi connectivity index (χ1v) is 9.38. The summed E-state index contributed by atoms with van der Waals surface area (Å²) in [6.07, 6.45) is 0.819. The first kappa shape index (κ1) is 19.6. The van der Waals surface area contributed by atoms with E-state index >= 15 is 0 Å². The highest BCUT2D eigenvalue weighted by molar-refractivity contribution is 7.99. The predicted molar refractivity (Wildman–Crippen MR) is 102 cm³/mol. The van der Waals surface area contributed by atoms with E-state index in [0.717, 1.165) is 12.2 Å². The lowest BCUT2D eigenvalue weighted by molar-refractivity contribution is -0.124. The molecule has 2 aromatic carbocycles. The Morgan fingerprint density at radius 2 is 1.80 bits per heavy atom. The summed E-state index contributed by atoms with van der Waals surface area (Å²) in [4.78, 5) is 24.8. The third-order valence-corrected chi connectivity index (χ3v) is 5.08. The molecule has 0 radical (unpaired) electrons. The van der Waals surface area contributed by atoms with Gasteiger partial charge in [0.25, 0.3) is 5.91 Å². The molecule has 25 heavy (non-hydrogen) atoms. The quantitative estimate of drug-likeness (QED) is 0.406. The van der Waals surface area contributed by atoms with E-state index in [0.29, 0.717) is 6.54 Å². The van der Waals surface area contributed by atoms with Crippen molar-refractivity contribution >= 4 is 46.8 Å². The van der Waals surface area contributed by atoms with E-state index in [1.54, 1.807) is 23.9 Å². The predicted octanol–water partition coefficient (Wildman–Crippen LogP) is 4.45. The fraction of sp³-hybridized carbons (Fsp3) is 0.222. The normalized spacial score (nSPS) is 10.3. The molecule has 0 unspecified atom stereocenters. The molecule has 0 aliphatic carbocycles. The van der Waals surface area contributed by atoms with Gasteiger partial charge in [-0.1, -0.05) is 47.5 Å². The molecule has 4 nitrogen and oxygen atoms in total. The molecule has 0 saturated carbocycles. The molecule has 1 N–H and O–H groups in total. The molecular formula is C18H17Cl2NO3S. The molecule has 0 saturated heterocycles. The lowest BCUT2D eigenvalue weighted by atomic mass is 10.2. The van der Waals surface area contributed by atoms with Gasteiger partial charge < -0.3 is 10.1 Å². The number of halogens is 2. The first-order valence-electron chi connectivity index (χ1n) is 7.63. The standard InChI is InChI=1S/C18H17Cl2NO3S/c19-15-9-4-8-14(17(15)20)18(23)24-12-16(22)21-10-5-11-25-13-6-2-1-3-7-13/h1-4,6-9H,5,10-12H2,(H,21,22). The number of benzene rings is 2. The summed E-state index contributed by atoms with van der Waals surface area (Å²) < 4.78 is 4.95. The number of amides is 1. The van der Waals surface area contributed by atoms with Crippen LogP contribution in [-0.4, -0.2) is 30.8 Å². The molecule has 0 aromatic heterocycles. The van der Waals surface area contributed by atoms with Crippen molar-refractivity contribution in [1.82, 2.24) is 5.32 Å². The molecule has 0 fully saturated rings. The zero-order chi connectivity index (χ0) is 18.1. The molecule has 0 aliphatic rings. The van der Waals surface area contributed by atoms with Crippen LogP contribution >= 0.6 is 35.0 Å². The Hall–Kier alpha value is -1.69. The zero-order valence-corrected chi connectivity index (χ0v) is 15.7. The zero-order valence-electron chi connectivity index (χ0n) is 13.3. The molecule has 0 atom stereocenters. The molecule has 0 bridgehead atoms. The van der Waals surface area contributed by atoms with Gasteiger partial charge in [0.2, 0.25) is 0 Å². The largest absolute Gasteiger partial charge is 0.452 e. The fourth-order valence-electron chi connectivity index (χ4n) is 1.93. The van der Waals surface area contributed by atoms with Crippen molar-refractivity contribution in [3.8, 4) is 0 Å². The molecule has 2 aromatic rings. The molecule has 132 valence electrons. The van der Waals surface area contributed by atoms with Gasteiger partial charge in [0.05, 0.1) is 15.6 Å². The third kappa shape index (κ3) is 6.61. The second-order valence-electron chi connectivity index (χ2n) is 5.04. The van der Waals surface area contributed by atoms with E-state index in [1.165, 1.54) is 11.0 Å². The van der Waals surface area contributed by atoms with Gasteiger partial charge >= 0.3 is 5.97 Å². The highest BCUT2D eigenvalue weighted by Gasteiger charge is 2.15. The molecule has 0 aliphatic heterocycles. The van der Waals surface area contributed by atoms with Crippen LogP contribution in [0.15, 0.2) is 53.4 Å². The van der Waals surface area contributed by atoms with Gasteiger partial charge in [0.15, 0.2) is 6.61 Å². The minimum Gasteiger partial charge on any atom is -0.452 e. The van der Waals surface area contributed by atoms with Crippen molar-refractivity contribution in [2.45, 2.75) is 11.3 Å². The second-order valence-corrected chi connectivity index (χ2v) is 7.00. The van der Waals surface area contributed by atoms with Crippen LogP contribution in [0.4, 0.5) is 0 Å². The van der Waals surface area contributed by atoms with E-state index in [-0.39, 0.29) is 28.1 Å². The summed E-state index contributed by atoms with van der Waals surface area (Å²) in [5.41, 5.74) is 0.140. The number of ether oxygens (including phenoxy) is 1. The van der Waals surface area contributed by atoms with Crippen molar-refractivity contribution in [3.63, 3.8) is 0 Å². The topological polar surface area (TPSA) is 55.4 Å². The highest BCUT2D eigenvalue weighted by atomic mass is 35.5. The Labute approximate surface area is 160 Å². The van der Waals surface area contributed by atoms with Crippen LogP contribution in [0.5, 0.6) is 0 Å². The summed E-state index contributed by atoms with van der Waals surface area (Å²) >= 11 is 13.5. The summed E-state index contributed by atoms with van der Waals surface area (Å²) in [5.74, 6) is -0.138. The van der Waals surface area contributed by atoms with Gasteiger partial charge in [-0.3, -0.25) is 4.79 Å². The van der Waals surface area contributed by atoms with Crippen LogP contribution in [0, 0.1) is 0 Å². The smallest absolute Gasteiger partial charge is 0.340 e. The van der Waals surface area contributed by atoms with Crippen LogP contribution < -0.4 is 5.32 Å². The average Bonchev–Trinajstić information content (AvgIpc) is 2.62. The number of rotatable bonds is 8. The van der Waals surface area contributed by atoms with Crippen LogP contribution in [0.2, 0.25) is 10.0 Å². The van der Waals surface area contributed by atoms with Gasteiger partial charge in [0.1, 0.15) is 0 Å². The van der Waals surface area contributed by atoms with E-state index < -0.39 is 5.97 Å². The van der Waals surface area contributed by atoms with Gasteiger partial charge in [-0.25, -0.2) is 4.79 Å². The van der Waals surface area contributed by atoms with Crippen molar-refractivity contribution in [2.75, 3.05) is 18.9 Å². The molecular weight excluding hydrogens is 381 g/mol. The van der Waals surface area contributed by atoms with Gasteiger partial charge in [-0.2, -0.15) is 0 Å². The van der Waals surface area contributed by atoms with Crippen molar-refractivity contribution in [3.05, 3.63) is 64.1 Å². The molecule has 0 spiro atoms. The minimum atomic E-state index is -0.678. The lowest BCUT2D eigenvalue weighted by Crippen LogP contribution is -2.29. The monoisotopic (exact) mass is 397 g/mol. The Morgan fingerprint density at radius 1 is 1.04 bits per heavy atom. The van der Waals surface area contributed by atoms with Crippen LogP contribution in [0.1, 0.15) is 16.8 Å². The first-order chi connectivity index (χ1) is 12.1. The molecule has 2 rings (SSSR count). The lowest BCUT2D eigenvalue weighted by Gasteiger charge is -2.08. The van der Waals surface area contributed by atoms with Gasteiger partial charge in [-0.05, 0) is 36.4 Å².